The number of carbonyl (C=O) groups is 1. The van der Waals surface area contributed by atoms with Crippen molar-refractivity contribution in [2.45, 2.75) is 30.0 Å². The molecule has 1 aliphatic rings. The van der Waals surface area contributed by atoms with E-state index in [9.17, 15) is 18.0 Å². The second-order valence-corrected chi connectivity index (χ2v) is 7.41. The lowest BCUT2D eigenvalue weighted by Crippen LogP contribution is -2.39. The third kappa shape index (κ3) is 3.80. The molecule has 2 atom stereocenters. The number of alkyl halides is 2. The number of halogens is 3. The topological polar surface area (TPSA) is 69.0 Å². The van der Waals surface area contributed by atoms with Gasteiger partial charge >= 0.3 is 6.61 Å². The molecule has 0 aliphatic carbocycles. The molecule has 1 aromatic heterocycles. The van der Waals surface area contributed by atoms with Crippen LogP contribution in [-0.4, -0.2) is 32.5 Å². The van der Waals surface area contributed by atoms with Gasteiger partial charge in [-0.3, -0.25) is 4.79 Å². The van der Waals surface area contributed by atoms with Crippen LogP contribution in [0.1, 0.15) is 27.8 Å². The highest BCUT2D eigenvalue weighted by Crippen LogP contribution is 2.39. The summed E-state index contributed by atoms with van der Waals surface area (Å²) in [6.45, 7) is -1.21. The van der Waals surface area contributed by atoms with E-state index in [2.05, 4.69) is 20.4 Å². The lowest BCUT2D eigenvalue weighted by atomic mass is 9.97. The van der Waals surface area contributed by atoms with Gasteiger partial charge in [-0.1, -0.05) is 30.0 Å². The maximum Gasteiger partial charge on any atom is 0.387 e. The van der Waals surface area contributed by atoms with E-state index in [4.69, 9.17) is 0 Å². The van der Waals surface area contributed by atoms with Gasteiger partial charge < -0.3 is 10.2 Å². The smallest absolute Gasteiger partial charge is 0.387 e. The number of ketones is 1. The summed E-state index contributed by atoms with van der Waals surface area (Å²) in [6, 6.07) is 10.9. The van der Waals surface area contributed by atoms with Crippen molar-refractivity contribution in [1.82, 2.24) is 14.9 Å². The van der Waals surface area contributed by atoms with Gasteiger partial charge in [-0.05, 0) is 37.3 Å². The zero-order chi connectivity index (χ0) is 20.5. The molecular weight excluding hydrogens is 405 g/mol. The molecule has 2 unspecified atom stereocenters. The Morgan fingerprint density at radius 3 is 2.59 bits per heavy atom. The summed E-state index contributed by atoms with van der Waals surface area (Å²) in [7, 11) is 0. The minimum Gasteiger partial charge on any atom is -0.435 e. The number of aromatic nitrogens is 3. The van der Waals surface area contributed by atoms with Crippen molar-refractivity contribution in [1.29, 1.82) is 0 Å². The molecule has 0 fully saturated rings. The maximum atomic E-state index is 14.5. The number of rotatable bonds is 5. The van der Waals surface area contributed by atoms with Gasteiger partial charge in [-0.2, -0.15) is 8.78 Å². The minimum absolute atomic E-state index is 0.0491. The van der Waals surface area contributed by atoms with Gasteiger partial charge in [0.05, 0.1) is 6.04 Å². The van der Waals surface area contributed by atoms with Crippen LogP contribution in [0.25, 0.3) is 0 Å². The number of nitrogens with one attached hydrogen (secondary N) is 1. The third-order valence-corrected chi connectivity index (χ3v) is 5.68. The summed E-state index contributed by atoms with van der Waals surface area (Å²) < 4.78 is 45.1. The van der Waals surface area contributed by atoms with Crippen molar-refractivity contribution in [3.8, 4) is 5.75 Å². The summed E-state index contributed by atoms with van der Waals surface area (Å²) >= 11 is 1.17. The van der Waals surface area contributed by atoms with E-state index in [-0.39, 0.29) is 17.1 Å². The van der Waals surface area contributed by atoms with Crippen LogP contribution >= 0.6 is 11.8 Å². The number of Topliss-reactive ketones (excluding diaryl/α,β-unsaturated/α-hetero) is 1. The largest absolute Gasteiger partial charge is 0.435 e. The van der Waals surface area contributed by atoms with E-state index in [1.807, 2.05) is 0 Å². The summed E-state index contributed by atoms with van der Waals surface area (Å²) in [5.74, 6) is -0.218. The molecule has 0 saturated carbocycles. The average Bonchev–Trinajstić information content (AvgIpc) is 3.07. The predicted octanol–water partition coefficient (Wildman–Crippen LogP) is 3.97. The average molecular weight is 420 g/mol. The first-order chi connectivity index (χ1) is 13.9. The molecule has 2 heterocycles. The number of benzene rings is 2. The van der Waals surface area contributed by atoms with Crippen molar-refractivity contribution >= 4 is 17.5 Å². The summed E-state index contributed by atoms with van der Waals surface area (Å²) in [4.78, 5) is 13.2. The number of carbonyl (C=O) groups excluding carboxylic acids is 1. The molecule has 0 saturated heterocycles. The molecule has 0 radical (unpaired) electrons. The Kier molecular flexibility index (Phi) is 5.18. The van der Waals surface area contributed by atoms with E-state index in [0.717, 1.165) is 0 Å². The quantitative estimate of drug-likeness (QED) is 0.630. The van der Waals surface area contributed by atoms with E-state index in [1.54, 1.807) is 29.8 Å². The van der Waals surface area contributed by atoms with Crippen LogP contribution in [0.4, 0.5) is 13.2 Å². The van der Waals surface area contributed by atoms with Crippen LogP contribution < -0.4 is 10.2 Å². The summed E-state index contributed by atoms with van der Waals surface area (Å²) in [5.41, 5.74) is 3.74. The lowest BCUT2D eigenvalue weighted by molar-refractivity contribution is -0.0498. The van der Waals surface area contributed by atoms with Gasteiger partial charge in [0.1, 0.15) is 22.6 Å². The Morgan fingerprint density at radius 2 is 1.90 bits per heavy atom. The summed E-state index contributed by atoms with van der Waals surface area (Å²) in [6.07, 6.45) is 0. The van der Waals surface area contributed by atoms with E-state index in [1.165, 1.54) is 42.1 Å². The molecule has 6 nitrogen and oxygen atoms in total. The number of nitrogens with zero attached hydrogens (tertiary/aromatic N) is 3. The Labute approximate surface area is 168 Å². The number of aryl methyl sites for hydroxylation is 1. The van der Waals surface area contributed by atoms with Gasteiger partial charge in [-0.25, -0.2) is 9.07 Å². The van der Waals surface area contributed by atoms with Crippen LogP contribution in [0.5, 0.6) is 5.75 Å². The molecule has 1 N–H and O–H groups in total. The normalized spacial score (nSPS) is 18.2. The highest BCUT2D eigenvalue weighted by Gasteiger charge is 2.38. The number of ether oxygens (including phenoxy) is 1. The van der Waals surface area contributed by atoms with Crippen molar-refractivity contribution < 1.29 is 22.7 Å². The van der Waals surface area contributed by atoms with Crippen LogP contribution in [0.3, 0.4) is 0 Å². The standard InChI is InChI=1S/C19H15F3N4O2S/c1-10-23-24-19-26(10)25-15(13-4-2-3-5-14(13)20)17(29-19)16(27)11-6-8-12(9-7-11)28-18(21)22/h2-9,15,17-18,25H,1H3. The van der Waals surface area contributed by atoms with Gasteiger partial charge in [0.2, 0.25) is 5.16 Å². The van der Waals surface area contributed by atoms with Gasteiger partial charge in [0.15, 0.2) is 5.78 Å². The molecule has 29 heavy (non-hydrogen) atoms. The SMILES string of the molecule is Cc1nnc2n1NC(c1ccccc1F)C(C(=O)c1ccc(OC(F)F)cc1)S2. The van der Waals surface area contributed by atoms with Crippen molar-refractivity contribution in [3.63, 3.8) is 0 Å². The molecule has 150 valence electrons. The van der Waals surface area contributed by atoms with Crippen LogP contribution in [0, 0.1) is 12.7 Å². The second kappa shape index (κ2) is 7.78. The highest BCUT2D eigenvalue weighted by atomic mass is 32.2. The fourth-order valence-corrected chi connectivity index (χ4v) is 4.28. The predicted molar refractivity (Wildman–Crippen MR) is 100 cm³/mol. The van der Waals surface area contributed by atoms with Crippen molar-refractivity contribution in [2.75, 3.05) is 5.43 Å². The van der Waals surface area contributed by atoms with Crippen molar-refractivity contribution in [3.05, 3.63) is 71.3 Å². The van der Waals surface area contributed by atoms with Gasteiger partial charge in [-0.15, -0.1) is 10.2 Å². The zero-order valence-corrected chi connectivity index (χ0v) is 15.9. The third-order valence-electron chi connectivity index (χ3n) is 4.46. The number of fused-ring (bicyclic) bond motifs is 1. The van der Waals surface area contributed by atoms with Crippen molar-refractivity contribution in [2.24, 2.45) is 0 Å². The number of thioether (sulfide) groups is 1. The molecule has 10 heteroatoms. The van der Waals surface area contributed by atoms with Crippen LogP contribution in [-0.2, 0) is 0 Å². The fourth-order valence-electron chi connectivity index (χ4n) is 3.09. The molecule has 1 aliphatic heterocycles. The van der Waals surface area contributed by atoms with Crippen LogP contribution in [0.15, 0.2) is 53.7 Å². The first-order valence-corrected chi connectivity index (χ1v) is 9.50. The summed E-state index contributed by atoms with van der Waals surface area (Å²) in [5, 5.41) is 7.77. The second-order valence-electron chi connectivity index (χ2n) is 6.30. The molecule has 4 rings (SSSR count). The number of hydrogen-bond donors (Lipinski definition) is 1. The zero-order valence-electron chi connectivity index (χ0n) is 15.1. The van der Waals surface area contributed by atoms with Gasteiger partial charge in [0, 0.05) is 11.1 Å². The molecule has 0 bridgehead atoms. The Morgan fingerprint density at radius 1 is 1.17 bits per heavy atom. The first kappa shape index (κ1) is 19.3. The van der Waals surface area contributed by atoms with Crippen LogP contribution in [0.2, 0.25) is 0 Å². The maximum absolute atomic E-state index is 14.5. The Hall–Kier alpha value is -3.01. The molecule has 3 aromatic rings. The minimum atomic E-state index is -2.95. The van der Waals surface area contributed by atoms with E-state index in [0.29, 0.717) is 16.5 Å². The lowest BCUT2D eigenvalue weighted by Gasteiger charge is -2.33. The molecule has 2 aromatic carbocycles. The highest BCUT2D eigenvalue weighted by molar-refractivity contribution is 8.00. The Bertz CT molecular complexity index is 1040. The van der Waals surface area contributed by atoms with Gasteiger partial charge in [0.25, 0.3) is 0 Å². The van der Waals surface area contributed by atoms with E-state index < -0.39 is 23.7 Å². The Balaban J connectivity index is 1.69. The number of hydrogen-bond acceptors (Lipinski definition) is 6. The van der Waals surface area contributed by atoms with E-state index >= 15 is 0 Å². The first-order valence-electron chi connectivity index (χ1n) is 8.63. The fraction of sp³-hybridized carbons (Fsp3) is 0.211. The molecule has 0 amide bonds. The monoisotopic (exact) mass is 420 g/mol. The molecular formula is C19H15F3N4O2S. The molecule has 0 spiro atoms.